The molecule has 0 amide bonds. The highest BCUT2D eigenvalue weighted by molar-refractivity contribution is 6.09. The Hall–Kier alpha value is -2.95. The van der Waals surface area contributed by atoms with Crippen molar-refractivity contribution in [3.05, 3.63) is 65.2 Å². The van der Waals surface area contributed by atoms with Crippen molar-refractivity contribution in [3.63, 3.8) is 0 Å². The minimum absolute atomic E-state index is 0.0616. The van der Waals surface area contributed by atoms with Gasteiger partial charge >= 0.3 is 5.97 Å². The van der Waals surface area contributed by atoms with Gasteiger partial charge in [0.05, 0.1) is 6.42 Å². The SMILES string of the molecule is Cc1cc(C(=O)c2cc3cc(CC(=O)O)ccc3o2)ccn1. The first-order valence-electron chi connectivity index (χ1n) is 6.74. The second-order valence-corrected chi connectivity index (χ2v) is 5.07. The first kappa shape index (κ1) is 14.0. The van der Waals surface area contributed by atoms with E-state index in [1.54, 1.807) is 42.6 Å². The Bertz CT molecular complexity index is 879. The molecule has 3 rings (SSSR count). The third-order valence-electron chi connectivity index (χ3n) is 3.32. The molecule has 1 N–H and O–H groups in total. The number of hydrogen-bond acceptors (Lipinski definition) is 4. The number of aliphatic carboxylic acids is 1. The molecule has 2 aromatic heterocycles. The summed E-state index contributed by atoms with van der Waals surface area (Å²) in [7, 11) is 0. The topological polar surface area (TPSA) is 80.4 Å². The number of aromatic nitrogens is 1. The number of carbonyl (C=O) groups is 2. The Morgan fingerprint density at radius 2 is 2.00 bits per heavy atom. The van der Waals surface area contributed by atoms with Gasteiger partial charge in [0.25, 0.3) is 0 Å². The molecule has 22 heavy (non-hydrogen) atoms. The number of rotatable bonds is 4. The van der Waals surface area contributed by atoms with Crippen LogP contribution in [-0.4, -0.2) is 21.8 Å². The highest BCUT2D eigenvalue weighted by atomic mass is 16.4. The van der Waals surface area contributed by atoms with Crippen LogP contribution >= 0.6 is 0 Å². The van der Waals surface area contributed by atoms with Crippen LogP contribution in [0.4, 0.5) is 0 Å². The van der Waals surface area contributed by atoms with E-state index in [1.807, 2.05) is 6.92 Å². The molecule has 3 aromatic rings. The van der Waals surface area contributed by atoms with E-state index in [-0.39, 0.29) is 18.0 Å². The van der Waals surface area contributed by atoms with Crippen LogP contribution in [0.2, 0.25) is 0 Å². The van der Waals surface area contributed by atoms with Gasteiger partial charge in [-0.15, -0.1) is 0 Å². The van der Waals surface area contributed by atoms with E-state index >= 15 is 0 Å². The van der Waals surface area contributed by atoms with Crippen LogP contribution in [0.5, 0.6) is 0 Å². The van der Waals surface area contributed by atoms with E-state index in [4.69, 9.17) is 9.52 Å². The summed E-state index contributed by atoms with van der Waals surface area (Å²) in [5.74, 6) is -0.888. The number of aryl methyl sites for hydroxylation is 1. The Labute approximate surface area is 126 Å². The van der Waals surface area contributed by atoms with E-state index in [1.165, 1.54) is 0 Å². The van der Waals surface area contributed by atoms with Crippen molar-refractivity contribution in [2.24, 2.45) is 0 Å². The molecule has 0 radical (unpaired) electrons. The van der Waals surface area contributed by atoms with Crippen molar-refractivity contribution in [3.8, 4) is 0 Å². The summed E-state index contributed by atoms with van der Waals surface area (Å²) in [4.78, 5) is 27.2. The van der Waals surface area contributed by atoms with Gasteiger partial charge < -0.3 is 9.52 Å². The molecular formula is C17H13NO4. The first-order chi connectivity index (χ1) is 10.5. The number of nitrogens with zero attached hydrogens (tertiary/aromatic N) is 1. The van der Waals surface area contributed by atoms with Crippen molar-refractivity contribution >= 4 is 22.7 Å². The fourth-order valence-electron chi connectivity index (χ4n) is 2.32. The maximum absolute atomic E-state index is 12.4. The molecule has 0 aliphatic rings. The Morgan fingerprint density at radius 3 is 2.73 bits per heavy atom. The monoisotopic (exact) mass is 295 g/mol. The molecule has 0 bridgehead atoms. The number of hydrogen-bond donors (Lipinski definition) is 1. The van der Waals surface area contributed by atoms with Gasteiger partial charge in [0.1, 0.15) is 5.58 Å². The van der Waals surface area contributed by atoms with Crippen LogP contribution in [-0.2, 0) is 11.2 Å². The van der Waals surface area contributed by atoms with Gasteiger partial charge in [-0.1, -0.05) is 6.07 Å². The zero-order chi connectivity index (χ0) is 15.7. The molecule has 0 saturated carbocycles. The lowest BCUT2D eigenvalue weighted by Crippen LogP contribution is -2.00. The number of ketones is 1. The third-order valence-corrected chi connectivity index (χ3v) is 3.32. The van der Waals surface area contributed by atoms with E-state index in [0.29, 0.717) is 22.1 Å². The van der Waals surface area contributed by atoms with Gasteiger partial charge in [-0.05, 0) is 42.8 Å². The average molecular weight is 295 g/mol. The Morgan fingerprint density at radius 1 is 1.18 bits per heavy atom. The summed E-state index contributed by atoms with van der Waals surface area (Å²) in [6.45, 7) is 1.81. The highest BCUT2D eigenvalue weighted by Gasteiger charge is 2.15. The molecule has 0 aliphatic heterocycles. The molecule has 0 atom stereocenters. The summed E-state index contributed by atoms with van der Waals surface area (Å²) in [5, 5.41) is 9.54. The number of carbonyl (C=O) groups excluding carboxylic acids is 1. The van der Waals surface area contributed by atoms with Crippen LogP contribution in [0.25, 0.3) is 11.0 Å². The molecule has 5 heteroatoms. The molecular weight excluding hydrogens is 282 g/mol. The number of fused-ring (bicyclic) bond motifs is 1. The van der Waals surface area contributed by atoms with Gasteiger partial charge in [-0.3, -0.25) is 14.6 Å². The standard InChI is InChI=1S/C17H13NO4/c1-10-6-12(4-5-18-10)17(21)15-9-13-7-11(8-16(19)20)2-3-14(13)22-15/h2-7,9H,8H2,1H3,(H,19,20). The Kier molecular flexibility index (Phi) is 3.47. The fourth-order valence-corrected chi connectivity index (χ4v) is 2.32. The number of carboxylic acid groups (broad SMARTS) is 1. The summed E-state index contributed by atoms with van der Waals surface area (Å²) >= 11 is 0. The number of pyridine rings is 1. The van der Waals surface area contributed by atoms with Crippen LogP contribution in [0, 0.1) is 6.92 Å². The predicted octanol–water partition coefficient (Wildman–Crippen LogP) is 2.99. The second kappa shape index (κ2) is 5.44. The lowest BCUT2D eigenvalue weighted by atomic mass is 10.1. The quantitative estimate of drug-likeness (QED) is 0.748. The zero-order valence-corrected chi connectivity index (χ0v) is 11.9. The molecule has 0 spiro atoms. The lowest BCUT2D eigenvalue weighted by molar-refractivity contribution is -0.136. The summed E-state index contributed by atoms with van der Waals surface area (Å²) in [5.41, 5.74) is 2.49. The molecule has 0 aliphatic carbocycles. The highest BCUT2D eigenvalue weighted by Crippen LogP contribution is 2.23. The minimum atomic E-state index is -0.897. The van der Waals surface area contributed by atoms with Gasteiger partial charge in [-0.25, -0.2) is 0 Å². The molecule has 110 valence electrons. The largest absolute Gasteiger partial charge is 0.481 e. The zero-order valence-electron chi connectivity index (χ0n) is 11.9. The average Bonchev–Trinajstić information content (AvgIpc) is 2.89. The van der Waals surface area contributed by atoms with Crippen LogP contribution in [0.3, 0.4) is 0 Å². The van der Waals surface area contributed by atoms with Crippen LogP contribution in [0.15, 0.2) is 47.0 Å². The maximum Gasteiger partial charge on any atom is 0.307 e. The number of carboxylic acids is 1. The van der Waals surface area contributed by atoms with E-state index in [9.17, 15) is 9.59 Å². The molecule has 1 aromatic carbocycles. The van der Waals surface area contributed by atoms with Crippen molar-refractivity contribution < 1.29 is 19.1 Å². The van der Waals surface area contributed by atoms with Crippen molar-refractivity contribution in [1.29, 1.82) is 0 Å². The van der Waals surface area contributed by atoms with Crippen molar-refractivity contribution in [2.75, 3.05) is 0 Å². The van der Waals surface area contributed by atoms with Gasteiger partial charge in [-0.2, -0.15) is 0 Å². The summed E-state index contributed by atoms with van der Waals surface area (Å²) in [6, 6.07) is 10.1. The van der Waals surface area contributed by atoms with E-state index in [0.717, 1.165) is 5.69 Å². The second-order valence-electron chi connectivity index (χ2n) is 5.07. The summed E-state index contributed by atoms with van der Waals surface area (Å²) in [6.07, 6.45) is 1.52. The molecule has 0 unspecified atom stereocenters. The predicted molar refractivity (Wildman–Crippen MR) is 80.0 cm³/mol. The van der Waals surface area contributed by atoms with Crippen LogP contribution < -0.4 is 0 Å². The molecule has 0 fully saturated rings. The van der Waals surface area contributed by atoms with Gasteiger partial charge in [0.2, 0.25) is 5.78 Å². The minimum Gasteiger partial charge on any atom is -0.481 e. The van der Waals surface area contributed by atoms with Crippen molar-refractivity contribution in [1.82, 2.24) is 4.98 Å². The van der Waals surface area contributed by atoms with Crippen LogP contribution in [0.1, 0.15) is 27.4 Å². The van der Waals surface area contributed by atoms with Gasteiger partial charge in [0.15, 0.2) is 5.76 Å². The van der Waals surface area contributed by atoms with Gasteiger partial charge in [0, 0.05) is 22.8 Å². The maximum atomic E-state index is 12.4. The van der Waals surface area contributed by atoms with Crippen molar-refractivity contribution in [2.45, 2.75) is 13.3 Å². The Balaban J connectivity index is 1.98. The molecule has 0 saturated heterocycles. The first-order valence-corrected chi connectivity index (χ1v) is 6.74. The normalized spacial score (nSPS) is 10.8. The lowest BCUT2D eigenvalue weighted by Gasteiger charge is -1.98. The third kappa shape index (κ3) is 2.74. The smallest absolute Gasteiger partial charge is 0.307 e. The number of benzene rings is 1. The van der Waals surface area contributed by atoms with E-state index < -0.39 is 5.97 Å². The fraction of sp³-hybridized carbons (Fsp3) is 0.118. The molecule has 5 nitrogen and oxygen atoms in total. The molecule has 2 heterocycles. The summed E-state index contributed by atoms with van der Waals surface area (Å²) < 4.78 is 5.57. The number of furan rings is 1. The van der Waals surface area contributed by atoms with E-state index in [2.05, 4.69) is 4.98 Å².